The Labute approximate surface area is 85.9 Å². The molecule has 1 rings (SSSR count). The molecular weight excluding hydrogens is 180 g/mol. The Morgan fingerprint density at radius 3 is 2.14 bits per heavy atom. The summed E-state index contributed by atoms with van der Waals surface area (Å²) in [6, 6.07) is -0.0451. The first-order valence-electron chi connectivity index (χ1n) is 5.15. The van der Waals surface area contributed by atoms with Crippen LogP contribution in [0, 0.1) is 0 Å². The molecule has 0 aliphatic carbocycles. The van der Waals surface area contributed by atoms with Crippen LogP contribution in [0.5, 0.6) is 0 Å². The van der Waals surface area contributed by atoms with Gasteiger partial charge in [-0.25, -0.2) is 0 Å². The van der Waals surface area contributed by atoms with Gasteiger partial charge in [-0.15, -0.1) is 0 Å². The number of nitrogens with zero attached hydrogens (tertiary/aromatic N) is 1. The lowest BCUT2D eigenvalue weighted by Crippen LogP contribution is -2.65. The molecule has 3 N–H and O–H groups in total. The maximum Gasteiger partial charge on any atom is 0.113 e. The Hall–Kier alpha value is -0.160. The van der Waals surface area contributed by atoms with Crippen molar-refractivity contribution in [1.82, 2.24) is 10.2 Å². The lowest BCUT2D eigenvalue weighted by atomic mass is 9.93. The van der Waals surface area contributed by atoms with E-state index in [1.807, 2.05) is 4.90 Å². The van der Waals surface area contributed by atoms with Crippen LogP contribution in [-0.2, 0) is 0 Å². The van der Waals surface area contributed by atoms with Gasteiger partial charge in [0.2, 0.25) is 0 Å². The fourth-order valence-corrected chi connectivity index (χ4v) is 1.99. The lowest BCUT2D eigenvalue weighted by Gasteiger charge is -2.48. The van der Waals surface area contributed by atoms with E-state index in [-0.39, 0.29) is 6.04 Å². The second-order valence-electron chi connectivity index (χ2n) is 5.06. The normalized spacial score (nSPS) is 26.6. The molecule has 1 aliphatic rings. The van der Waals surface area contributed by atoms with Crippen LogP contribution in [0.15, 0.2) is 0 Å². The van der Waals surface area contributed by atoms with Crippen LogP contribution in [0.4, 0.5) is 0 Å². The number of piperazine rings is 1. The average molecular weight is 202 g/mol. The first-order valence-corrected chi connectivity index (χ1v) is 5.15. The molecule has 1 atom stereocenters. The summed E-state index contributed by atoms with van der Waals surface area (Å²) in [6.45, 7) is 9.42. The fraction of sp³-hybridized carbons (Fsp3) is 1.00. The van der Waals surface area contributed by atoms with Crippen molar-refractivity contribution in [3.8, 4) is 0 Å². The molecule has 1 fully saturated rings. The Bertz CT molecular complexity index is 171. The molecule has 0 bridgehead atoms. The average Bonchev–Trinajstić information content (AvgIpc) is 2.01. The van der Waals surface area contributed by atoms with Gasteiger partial charge < -0.3 is 15.5 Å². The molecule has 1 saturated heterocycles. The molecule has 0 saturated carbocycles. The molecule has 0 aromatic rings. The van der Waals surface area contributed by atoms with Crippen LogP contribution in [0.25, 0.3) is 0 Å². The van der Waals surface area contributed by atoms with Crippen molar-refractivity contribution in [2.45, 2.75) is 45.1 Å². The highest BCUT2D eigenvalue weighted by Crippen LogP contribution is 2.23. The van der Waals surface area contributed by atoms with E-state index in [1.54, 1.807) is 27.7 Å². The highest BCUT2D eigenvalue weighted by molar-refractivity contribution is 4.94. The molecule has 84 valence electrons. The second-order valence-corrected chi connectivity index (χ2v) is 5.06. The molecule has 14 heavy (non-hydrogen) atoms. The molecule has 0 aromatic carbocycles. The van der Waals surface area contributed by atoms with Gasteiger partial charge in [0.05, 0.1) is 11.6 Å². The third kappa shape index (κ3) is 2.67. The predicted molar refractivity (Wildman–Crippen MR) is 56.0 cm³/mol. The summed E-state index contributed by atoms with van der Waals surface area (Å²) in [5.74, 6) is 0. The largest absolute Gasteiger partial charge is 0.389 e. The van der Waals surface area contributed by atoms with Gasteiger partial charge in [-0.05, 0) is 27.7 Å². The van der Waals surface area contributed by atoms with Gasteiger partial charge in [0.1, 0.15) is 5.72 Å². The van der Waals surface area contributed by atoms with Gasteiger partial charge >= 0.3 is 0 Å². The predicted octanol–water partition coefficient (Wildman–Crippen LogP) is -0.241. The van der Waals surface area contributed by atoms with Crippen molar-refractivity contribution in [3.63, 3.8) is 0 Å². The second kappa shape index (κ2) is 3.77. The van der Waals surface area contributed by atoms with E-state index in [9.17, 15) is 10.2 Å². The molecular formula is C10H22N2O2. The third-order valence-corrected chi connectivity index (χ3v) is 2.76. The number of hydrogen-bond acceptors (Lipinski definition) is 4. The molecule has 0 aromatic heterocycles. The first-order chi connectivity index (χ1) is 6.23. The number of hydrogen-bond donors (Lipinski definition) is 3. The van der Waals surface area contributed by atoms with E-state index >= 15 is 0 Å². The van der Waals surface area contributed by atoms with Crippen LogP contribution >= 0.6 is 0 Å². The van der Waals surface area contributed by atoms with Gasteiger partial charge in [0.15, 0.2) is 0 Å². The SMILES string of the molecule is CC(C)(O)C1CNCCN1C(C)(C)O. The van der Waals surface area contributed by atoms with E-state index in [1.165, 1.54) is 0 Å². The van der Waals surface area contributed by atoms with E-state index in [2.05, 4.69) is 5.32 Å². The number of nitrogens with one attached hydrogen (secondary N) is 1. The van der Waals surface area contributed by atoms with Gasteiger partial charge in [0.25, 0.3) is 0 Å². The monoisotopic (exact) mass is 202 g/mol. The highest BCUT2D eigenvalue weighted by Gasteiger charge is 2.40. The zero-order chi connectivity index (χ0) is 11.0. The summed E-state index contributed by atoms with van der Waals surface area (Å²) in [6.07, 6.45) is 0. The summed E-state index contributed by atoms with van der Waals surface area (Å²) in [4.78, 5) is 1.95. The summed E-state index contributed by atoms with van der Waals surface area (Å²) >= 11 is 0. The summed E-state index contributed by atoms with van der Waals surface area (Å²) in [7, 11) is 0. The van der Waals surface area contributed by atoms with Crippen LogP contribution in [0.1, 0.15) is 27.7 Å². The molecule has 1 aliphatic heterocycles. The van der Waals surface area contributed by atoms with Gasteiger partial charge in [0, 0.05) is 19.6 Å². The topological polar surface area (TPSA) is 55.7 Å². The van der Waals surface area contributed by atoms with Crippen molar-refractivity contribution in [3.05, 3.63) is 0 Å². The number of rotatable bonds is 2. The van der Waals surface area contributed by atoms with Crippen molar-refractivity contribution in [2.75, 3.05) is 19.6 Å². The summed E-state index contributed by atoms with van der Waals surface area (Å²) in [5, 5.41) is 23.2. The minimum absolute atomic E-state index is 0.0451. The van der Waals surface area contributed by atoms with Crippen molar-refractivity contribution in [1.29, 1.82) is 0 Å². The standard InChI is InChI=1S/C10H22N2O2/c1-9(2,13)8-7-11-5-6-12(8)10(3,4)14/h8,11,13-14H,5-7H2,1-4H3. The third-order valence-electron chi connectivity index (χ3n) is 2.76. The van der Waals surface area contributed by atoms with E-state index in [0.717, 1.165) is 13.1 Å². The Morgan fingerprint density at radius 2 is 1.79 bits per heavy atom. The molecule has 0 amide bonds. The minimum atomic E-state index is -0.868. The Balaban J connectivity index is 2.80. The molecule has 0 radical (unpaired) electrons. The van der Waals surface area contributed by atoms with Gasteiger partial charge in [-0.2, -0.15) is 0 Å². The molecule has 0 spiro atoms. The Kier molecular flexibility index (Phi) is 3.21. The smallest absolute Gasteiger partial charge is 0.113 e. The van der Waals surface area contributed by atoms with E-state index in [4.69, 9.17) is 0 Å². The van der Waals surface area contributed by atoms with Crippen LogP contribution in [0.2, 0.25) is 0 Å². The first kappa shape index (κ1) is 11.9. The Morgan fingerprint density at radius 1 is 1.21 bits per heavy atom. The van der Waals surface area contributed by atoms with Crippen molar-refractivity contribution in [2.24, 2.45) is 0 Å². The van der Waals surface area contributed by atoms with Crippen molar-refractivity contribution < 1.29 is 10.2 Å². The molecule has 4 nitrogen and oxygen atoms in total. The highest BCUT2D eigenvalue weighted by atomic mass is 16.3. The maximum absolute atomic E-state index is 9.98. The van der Waals surface area contributed by atoms with Crippen molar-refractivity contribution >= 4 is 0 Å². The quantitative estimate of drug-likeness (QED) is 0.578. The van der Waals surface area contributed by atoms with Crippen LogP contribution in [0.3, 0.4) is 0 Å². The maximum atomic E-state index is 9.98. The van der Waals surface area contributed by atoms with E-state index in [0.29, 0.717) is 6.54 Å². The van der Waals surface area contributed by atoms with Crippen LogP contribution < -0.4 is 5.32 Å². The molecule has 1 unspecified atom stereocenters. The summed E-state index contributed by atoms with van der Waals surface area (Å²) in [5.41, 5.74) is -1.67. The van der Waals surface area contributed by atoms with Gasteiger partial charge in [-0.1, -0.05) is 0 Å². The lowest BCUT2D eigenvalue weighted by molar-refractivity contribution is -0.150. The minimum Gasteiger partial charge on any atom is -0.389 e. The van der Waals surface area contributed by atoms with Crippen LogP contribution in [-0.4, -0.2) is 52.1 Å². The number of aliphatic hydroxyl groups is 2. The molecule has 4 heteroatoms. The van der Waals surface area contributed by atoms with E-state index < -0.39 is 11.3 Å². The fourth-order valence-electron chi connectivity index (χ4n) is 1.99. The molecule has 1 heterocycles. The zero-order valence-corrected chi connectivity index (χ0v) is 9.54. The zero-order valence-electron chi connectivity index (χ0n) is 9.54. The summed E-state index contributed by atoms with van der Waals surface area (Å²) < 4.78 is 0. The van der Waals surface area contributed by atoms with Gasteiger partial charge in [-0.3, -0.25) is 4.90 Å².